The number of unbranched alkanes of at least 4 members (excludes halogenated alkanes) is 2. The Morgan fingerprint density at radius 1 is 1.25 bits per heavy atom. The van der Waals surface area contributed by atoms with Crippen molar-refractivity contribution in [1.29, 1.82) is 0 Å². The standard InChI is InChI=1S/C15H28N2O3/c1-13(19)16-10-5-2-3-8-15(20)17-11-6-4-7-14(17)9-12-18/h14,18H,2-12H2,1H3,(H,16,19). The predicted octanol–water partition coefficient (Wildman–Crippen LogP) is 1.45. The summed E-state index contributed by atoms with van der Waals surface area (Å²) in [5, 5.41) is 11.8. The summed E-state index contributed by atoms with van der Waals surface area (Å²) >= 11 is 0. The molecule has 5 nitrogen and oxygen atoms in total. The lowest BCUT2D eigenvalue weighted by Gasteiger charge is -2.35. The summed E-state index contributed by atoms with van der Waals surface area (Å²) < 4.78 is 0. The van der Waals surface area contributed by atoms with Gasteiger partial charge in [0.2, 0.25) is 11.8 Å². The maximum Gasteiger partial charge on any atom is 0.222 e. The van der Waals surface area contributed by atoms with E-state index in [1.165, 1.54) is 6.92 Å². The van der Waals surface area contributed by atoms with Gasteiger partial charge >= 0.3 is 0 Å². The van der Waals surface area contributed by atoms with Crippen molar-refractivity contribution >= 4 is 11.8 Å². The number of carbonyl (C=O) groups is 2. The molecular formula is C15H28N2O3. The number of amides is 2. The highest BCUT2D eigenvalue weighted by molar-refractivity contribution is 5.76. The second-order valence-corrected chi connectivity index (χ2v) is 5.54. The second-order valence-electron chi connectivity index (χ2n) is 5.54. The second kappa shape index (κ2) is 9.75. The molecule has 5 heteroatoms. The largest absolute Gasteiger partial charge is 0.396 e. The van der Waals surface area contributed by atoms with Gasteiger partial charge in [0, 0.05) is 39.1 Å². The minimum Gasteiger partial charge on any atom is -0.396 e. The fraction of sp³-hybridized carbons (Fsp3) is 0.867. The molecule has 2 amide bonds. The van der Waals surface area contributed by atoms with Crippen molar-refractivity contribution < 1.29 is 14.7 Å². The zero-order chi connectivity index (χ0) is 14.8. The van der Waals surface area contributed by atoms with E-state index < -0.39 is 0 Å². The van der Waals surface area contributed by atoms with Gasteiger partial charge in [-0.3, -0.25) is 9.59 Å². The first-order valence-corrected chi connectivity index (χ1v) is 7.80. The Bertz CT molecular complexity index is 305. The molecule has 0 saturated carbocycles. The van der Waals surface area contributed by atoms with Crippen molar-refractivity contribution in [3.8, 4) is 0 Å². The SMILES string of the molecule is CC(=O)NCCCCCC(=O)N1CCCCC1CCO. The van der Waals surface area contributed by atoms with Crippen LogP contribution in [0.1, 0.15) is 58.3 Å². The molecule has 0 spiro atoms. The monoisotopic (exact) mass is 284 g/mol. The third kappa shape index (κ3) is 6.37. The van der Waals surface area contributed by atoms with Gasteiger partial charge in [-0.25, -0.2) is 0 Å². The normalized spacial score (nSPS) is 18.9. The maximum atomic E-state index is 12.2. The molecule has 0 aliphatic carbocycles. The van der Waals surface area contributed by atoms with Crippen molar-refractivity contribution in [3.63, 3.8) is 0 Å². The molecule has 1 fully saturated rings. The minimum atomic E-state index is 0.00115. The third-order valence-electron chi connectivity index (χ3n) is 3.85. The van der Waals surface area contributed by atoms with Crippen molar-refractivity contribution in [3.05, 3.63) is 0 Å². The van der Waals surface area contributed by atoms with Gasteiger partial charge in [0.1, 0.15) is 0 Å². The number of likely N-dealkylation sites (tertiary alicyclic amines) is 1. The predicted molar refractivity (Wildman–Crippen MR) is 78.2 cm³/mol. The highest BCUT2D eigenvalue weighted by Crippen LogP contribution is 2.20. The molecule has 1 heterocycles. The summed E-state index contributed by atoms with van der Waals surface area (Å²) in [5.41, 5.74) is 0. The van der Waals surface area contributed by atoms with E-state index in [2.05, 4.69) is 5.32 Å². The number of piperidine rings is 1. The number of nitrogens with zero attached hydrogens (tertiary/aromatic N) is 1. The number of carbonyl (C=O) groups excluding carboxylic acids is 2. The molecule has 1 atom stereocenters. The molecule has 0 radical (unpaired) electrons. The first-order valence-electron chi connectivity index (χ1n) is 7.80. The van der Waals surface area contributed by atoms with Crippen LogP contribution < -0.4 is 5.32 Å². The Morgan fingerprint density at radius 3 is 2.75 bits per heavy atom. The van der Waals surface area contributed by atoms with Crippen LogP contribution in [0.5, 0.6) is 0 Å². The Balaban J connectivity index is 2.18. The van der Waals surface area contributed by atoms with E-state index in [1.807, 2.05) is 4.90 Å². The van der Waals surface area contributed by atoms with Crippen LogP contribution in [0.15, 0.2) is 0 Å². The molecule has 1 rings (SSSR count). The van der Waals surface area contributed by atoms with Gasteiger partial charge < -0.3 is 15.3 Å². The molecular weight excluding hydrogens is 256 g/mol. The fourth-order valence-corrected chi connectivity index (χ4v) is 2.76. The van der Waals surface area contributed by atoms with E-state index in [1.54, 1.807) is 0 Å². The lowest BCUT2D eigenvalue weighted by atomic mass is 9.99. The Labute approximate surface area is 121 Å². The molecule has 2 N–H and O–H groups in total. The molecule has 0 aromatic rings. The minimum absolute atomic E-state index is 0.00115. The van der Waals surface area contributed by atoms with E-state index in [4.69, 9.17) is 5.11 Å². The lowest BCUT2D eigenvalue weighted by Crippen LogP contribution is -2.44. The van der Waals surface area contributed by atoms with Crippen LogP contribution >= 0.6 is 0 Å². The number of aliphatic hydroxyl groups excluding tert-OH is 1. The van der Waals surface area contributed by atoms with Gasteiger partial charge in [-0.15, -0.1) is 0 Å². The summed E-state index contributed by atoms with van der Waals surface area (Å²) in [5.74, 6) is 0.226. The smallest absolute Gasteiger partial charge is 0.222 e. The van der Waals surface area contributed by atoms with Gasteiger partial charge in [0.15, 0.2) is 0 Å². The summed E-state index contributed by atoms with van der Waals surface area (Å²) in [4.78, 5) is 24.9. The lowest BCUT2D eigenvalue weighted by molar-refractivity contribution is -0.135. The first-order chi connectivity index (χ1) is 9.65. The Hall–Kier alpha value is -1.10. The molecule has 0 aromatic heterocycles. The van der Waals surface area contributed by atoms with Crippen molar-refractivity contribution in [1.82, 2.24) is 10.2 Å². The molecule has 1 aliphatic heterocycles. The van der Waals surface area contributed by atoms with Crippen LogP contribution in [0.2, 0.25) is 0 Å². The summed E-state index contributed by atoms with van der Waals surface area (Å²) in [6.07, 6.45) is 7.31. The average molecular weight is 284 g/mol. The fourth-order valence-electron chi connectivity index (χ4n) is 2.76. The van der Waals surface area contributed by atoms with Crippen molar-refractivity contribution in [2.45, 2.75) is 64.3 Å². The van der Waals surface area contributed by atoms with E-state index in [9.17, 15) is 9.59 Å². The number of aliphatic hydroxyl groups is 1. The molecule has 1 saturated heterocycles. The highest BCUT2D eigenvalue weighted by Gasteiger charge is 2.25. The van der Waals surface area contributed by atoms with E-state index in [-0.39, 0.29) is 24.5 Å². The number of hydrogen-bond donors (Lipinski definition) is 2. The average Bonchev–Trinajstić information content (AvgIpc) is 2.43. The van der Waals surface area contributed by atoms with Crippen LogP contribution in [0.3, 0.4) is 0 Å². The van der Waals surface area contributed by atoms with Gasteiger partial charge in [-0.2, -0.15) is 0 Å². The molecule has 0 bridgehead atoms. The van der Waals surface area contributed by atoms with Crippen LogP contribution in [0.4, 0.5) is 0 Å². The summed E-state index contributed by atoms with van der Waals surface area (Å²) in [6.45, 7) is 3.21. The van der Waals surface area contributed by atoms with Crippen LogP contribution in [-0.2, 0) is 9.59 Å². The Morgan fingerprint density at radius 2 is 2.05 bits per heavy atom. The quantitative estimate of drug-likeness (QED) is 0.663. The molecule has 0 aromatic carbocycles. The maximum absolute atomic E-state index is 12.2. The zero-order valence-electron chi connectivity index (χ0n) is 12.6. The number of hydrogen-bond acceptors (Lipinski definition) is 3. The summed E-state index contributed by atoms with van der Waals surface area (Å²) in [7, 11) is 0. The van der Waals surface area contributed by atoms with Crippen molar-refractivity contribution in [2.24, 2.45) is 0 Å². The Kier molecular flexibility index (Phi) is 8.26. The first kappa shape index (κ1) is 17.0. The number of rotatable bonds is 8. The molecule has 20 heavy (non-hydrogen) atoms. The van der Waals surface area contributed by atoms with E-state index >= 15 is 0 Å². The van der Waals surface area contributed by atoms with E-state index in [0.29, 0.717) is 19.4 Å². The topological polar surface area (TPSA) is 69.6 Å². The zero-order valence-corrected chi connectivity index (χ0v) is 12.6. The van der Waals surface area contributed by atoms with Gasteiger partial charge in [0.05, 0.1) is 0 Å². The highest BCUT2D eigenvalue weighted by atomic mass is 16.3. The van der Waals surface area contributed by atoms with Gasteiger partial charge in [-0.05, 0) is 38.5 Å². The van der Waals surface area contributed by atoms with Crippen LogP contribution in [0, 0.1) is 0 Å². The molecule has 116 valence electrons. The summed E-state index contributed by atoms with van der Waals surface area (Å²) in [6, 6.07) is 0.237. The molecule has 1 unspecified atom stereocenters. The number of nitrogens with one attached hydrogen (secondary N) is 1. The van der Waals surface area contributed by atoms with Crippen molar-refractivity contribution in [2.75, 3.05) is 19.7 Å². The van der Waals surface area contributed by atoms with Gasteiger partial charge in [-0.1, -0.05) is 6.42 Å². The van der Waals surface area contributed by atoms with Crippen LogP contribution in [0.25, 0.3) is 0 Å². The van der Waals surface area contributed by atoms with Gasteiger partial charge in [0.25, 0.3) is 0 Å². The molecule has 1 aliphatic rings. The van der Waals surface area contributed by atoms with Crippen LogP contribution in [-0.4, -0.2) is 47.6 Å². The van der Waals surface area contributed by atoms with E-state index in [0.717, 1.165) is 45.1 Å². The third-order valence-corrected chi connectivity index (χ3v) is 3.85.